The van der Waals surface area contributed by atoms with Gasteiger partial charge in [-0.1, -0.05) is 24.3 Å². The standard InChI is InChI=1S/C6H8.Pt/c1-2-4-6-5-3-1;/h1-4H,5-6H2;/q;+2. The van der Waals surface area contributed by atoms with Crippen LogP contribution in [0.25, 0.3) is 0 Å². The van der Waals surface area contributed by atoms with Gasteiger partial charge >= 0.3 is 21.1 Å². The van der Waals surface area contributed by atoms with Gasteiger partial charge in [-0.2, -0.15) is 0 Å². The molecule has 1 aliphatic rings. The Kier molecular flexibility index (Phi) is 4.43. The van der Waals surface area contributed by atoms with Crippen molar-refractivity contribution in [3.63, 3.8) is 0 Å². The Morgan fingerprint density at radius 2 is 1.29 bits per heavy atom. The average Bonchev–Trinajstić information content (AvgIpc) is 1.72. The molecule has 1 rings (SSSR count). The molecular weight excluding hydrogens is 267 g/mol. The molecule has 0 saturated carbocycles. The number of hydrogen-bond acceptors (Lipinski definition) is 0. The van der Waals surface area contributed by atoms with E-state index in [1.807, 2.05) is 0 Å². The molecule has 0 spiro atoms. The van der Waals surface area contributed by atoms with Crippen molar-refractivity contribution in [3.05, 3.63) is 24.3 Å². The molecular formula is C6H8Pt+2. The summed E-state index contributed by atoms with van der Waals surface area (Å²) in [6.45, 7) is 0. The van der Waals surface area contributed by atoms with Gasteiger partial charge in [-0.25, -0.2) is 0 Å². The van der Waals surface area contributed by atoms with Gasteiger partial charge in [0.25, 0.3) is 0 Å². The van der Waals surface area contributed by atoms with Crippen LogP contribution in [0.2, 0.25) is 0 Å². The van der Waals surface area contributed by atoms with Gasteiger partial charge in [0.2, 0.25) is 0 Å². The van der Waals surface area contributed by atoms with Gasteiger partial charge in [0.1, 0.15) is 0 Å². The van der Waals surface area contributed by atoms with Crippen molar-refractivity contribution in [2.45, 2.75) is 12.8 Å². The van der Waals surface area contributed by atoms with Crippen LogP contribution in [0.5, 0.6) is 0 Å². The van der Waals surface area contributed by atoms with Gasteiger partial charge in [0, 0.05) is 0 Å². The molecule has 1 heteroatoms. The summed E-state index contributed by atoms with van der Waals surface area (Å²) in [7, 11) is 0. The Balaban J connectivity index is 0.000000360. The molecule has 0 N–H and O–H groups in total. The van der Waals surface area contributed by atoms with E-state index >= 15 is 0 Å². The molecule has 1 aliphatic carbocycles. The van der Waals surface area contributed by atoms with Crippen LogP contribution in [0.4, 0.5) is 0 Å². The van der Waals surface area contributed by atoms with E-state index in [0.29, 0.717) is 0 Å². The summed E-state index contributed by atoms with van der Waals surface area (Å²) in [6, 6.07) is 0. The largest absolute Gasteiger partial charge is 2.00 e. The second-order valence-electron chi connectivity index (χ2n) is 1.43. The van der Waals surface area contributed by atoms with Crippen LogP contribution in [0.15, 0.2) is 24.3 Å². The minimum atomic E-state index is 0. The van der Waals surface area contributed by atoms with Gasteiger partial charge < -0.3 is 0 Å². The van der Waals surface area contributed by atoms with E-state index in [-0.39, 0.29) is 21.1 Å². The van der Waals surface area contributed by atoms with Crippen LogP contribution in [-0.4, -0.2) is 0 Å². The van der Waals surface area contributed by atoms with Crippen LogP contribution in [-0.2, 0) is 21.1 Å². The maximum atomic E-state index is 2.18. The molecule has 0 aliphatic heterocycles. The SMILES string of the molecule is C1=CCCC=C1.[Pt+2]. The molecule has 7 heavy (non-hydrogen) atoms. The molecule has 0 radical (unpaired) electrons. The predicted molar refractivity (Wildman–Crippen MR) is 27.5 cm³/mol. The summed E-state index contributed by atoms with van der Waals surface area (Å²) in [5.41, 5.74) is 0. The van der Waals surface area contributed by atoms with E-state index < -0.39 is 0 Å². The summed E-state index contributed by atoms with van der Waals surface area (Å²) in [4.78, 5) is 0. The topological polar surface area (TPSA) is 0 Å². The molecule has 0 aromatic heterocycles. The van der Waals surface area contributed by atoms with Crippen molar-refractivity contribution in [3.8, 4) is 0 Å². The zero-order valence-electron chi connectivity index (χ0n) is 4.04. The molecule has 0 aromatic carbocycles. The van der Waals surface area contributed by atoms with Gasteiger partial charge in [-0.3, -0.25) is 0 Å². The number of allylic oxidation sites excluding steroid dienone is 4. The maximum Gasteiger partial charge on any atom is 2.00 e. The van der Waals surface area contributed by atoms with Gasteiger partial charge in [0.15, 0.2) is 0 Å². The Labute approximate surface area is 58.6 Å². The normalized spacial score (nSPS) is 16.0. The average molecular weight is 275 g/mol. The third kappa shape index (κ3) is 2.82. The van der Waals surface area contributed by atoms with Crippen molar-refractivity contribution < 1.29 is 21.1 Å². The fourth-order valence-electron chi connectivity index (χ4n) is 0.542. The van der Waals surface area contributed by atoms with Gasteiger partial charge in [-0.15, -0.1) is 0 Å². The molecule has 0 saturated heterocycles. The zero-order chi connectivity index (χ0) is 4.24. The maximum absolute atomic E-state index is 2.18. The van der Waals surface area contributed by atoms with Crippen LogP contribution in [0, 0.1) is 0 Å². The zero-order valence-corrected chi connectivity index (χ0v) is 6.31. The first-order valence-corrected chi connectivity index (χ1v) is 2.32. The van der Waals surface area contributed by atoms with E-state index in [2.05, 4.69) is 24.3 Å². The van der Waals surface area contributed by atoms with Crippen molar-refractivity contribution in [1.82, 2.24) is 0 Å². The molecule has 0 aromatic rings. The minimum absolute atomic E-state index is 0. The molecule has 0 amide bonds. The summed E-state index contributed by atoms with van der Waals surface area (Å²) in [5, 5.41) is 0. The summed E-state index contributed by atoms with van der Waals surface area (Å²) < 4.78 is 0. The van der Waals surface area contributed by atoms with E-state index in [9.17, 15) is 0 Å². The first-order chi connectivity index (χ1) is 3.00. The molecule has 0 atom stereocenters. The van der Waals surface area contributed by atoms with Crippen molar-refractivity contribution >= 4 is 0 Å². The smallest absolute Gasteiger partial charge is 0.0842 e. The fourth-order valence-corrected chi connectivity index (χ4v) is 0.542. The van der Waals surface area contributed by atoms with Crippen LogP contribution in [0.1, 0.15) is 12.8 Å². The van der Waals surface area contributed by atoms with E-state index in [0.717, 1.165) is 0 Å². The van der Waals surface area contributed by atoms with Crippen LogP contribution in [0.3, 0.4) is 0 Å². The minimum Gasteiger partial charge on any atom is -0.0842 e. The first-order valence-electron chi connectivity index (χ1n) is 2.32. The number of rotatable bonds is 0. The molecule has 0 bridgehead atoms. The molecule has 0 nitrogen and oxygen atoms in total. The fraction of sp³-hybridized carbons (Fsp3) is 0.333. The van der Waals surface area contributed by atoms with E-state index in [4.69, 9.17) is 0 Å². The van der Waals surface area contributed by atoms with Crippen molar-refractivity contribution in [2.24, 2.45) is 0 Å². The summed E-state index contributed by atoms with van der Waals surface area (Å²) in [5.74, 6) is 0. The Morgan fingerprint density at radius 3 is 1.43 bits per heavy atom. The molecule has 0 fully saturated rings. The Morgan fingerprint density at radius 1 is 0.857 bits per heavy atom. The van der Waals surface area contributed by atoms with Crippen LogP contribution >= 0.6 is 0 Å². The van der Waals surface area contributed by atoms with E-state index in [1.54, 1.807) is 0 Å². The predicted octanol–water partition coefficient (Wildman–Crippen LogP) is 1.89. The number of hydrogen-bond donors (Lipinski definition) is 0. The molecule has 0 heterocycles. The summed E-state index contributed by atoms with van der Waals surface area (Å²) >= 11 is 0. The monoisotopic (exact) mass is 275 g/mol. The van der Waals surface area contributed by atoms with E-state index in [1.165, 1.54) is 12.8 Å². The quantitative estimate of drug-likeness (QED) is 0.633. The molecule has 40 valence electrons. The van der Waals surface area contributed by atoms with Gasteiger partial charge in [-0.05, 0) is 12.8 Å². The molecule has 0 unspecified atom stereocenters. The van der Waals surface area contributed by atoms with Crippen LogP contribution < -0.4 is 0 Å². The Hall–Kier alpha value is 0.168. The Bertz CT molecular complexity index is 70.2. The van der Waals surface area contributed by atoms with Crippen molar-refractivity contribution in [2.75, 3.05) is 0 Å². The van der Waals surface area contributed by atoms with Gasteiger partial charge in [0.05, 0.1) is 0 Å². The third-order valence-corrected chi connectivity index (χ3v) is 0.883. The second-order valence-corrected chi connectivity index (χ2v) is 1.43. The van der Waals surface area contributed by atoms with Crippen molar-refractivity contribution in [1.29, 1.82) is 0 Å². The third-order valence-electron chi connectivity index (χ3n) is 0.883. The first kappa shape index (κ1) is 7.17. The summed E-state index contributed by atoms with van der Waals surface area (Å²) in [6.07, 6.45) is 11.0. The second kappa shape index (κ2) is 4.33.